The fourth-order valence-corrected chi connectivity index (χ4v) is 2.29. The summed E-state index contributed by atoms with van der Waals surface area (Å²) in [5.41, 5.74) is 1.43. The Morgan fingerprint density at radius 1 is 1.15 bits per heavy atom. The predicted molar refractivity (Wildman–Crippen MR) is 81.4 cm³/mol. The Morgan fingerprint density at radius 2 is 1.80 bits per heavy atom. The van der Waals surface area contributed by atoms with Gasteiger partial charge in [-0.1, -0.05) is 58.6 Å². The van der Waals surface area contributed by atoms with Crippen molar-refractivity contribution in [1.82, 2.24) is 0 Å². The number of benzene rings is 1. The van der Waals surface area contributed by atoms with E-state index in [0.717, 1.165) is 0 Å². The fraction of sp³-hybridized carbons (Fsp3) is 0.588. The number of unbranched alkanes of at least 4 members (excludes halogenated alkanes) is 3. The molecule has 0 aliphatic heterocycles. The molecule has 112 valence electrons. The molecule has 0 aliphatic carbocycles. The third-order valence-electron chi connectivity index (χ3n) is 3.65. The van der Waals surface area contributed by atoms with E-state index < -0.39 is 5.97 Å². The van der Waals surface area contributed by atoms with E-state index in [1.54, 1.807) is 0 Å². The molecule has 0 fully saturated rings. The van der Waals surface area contributed by atoms with Crippen LogP contribution in [0.25, 0.3) is 0 Å². The van der Waals surface area contributed by atoms with Gasteiger partial charge in [0.1, 0.15) is 5.75 Å². The van der Waals surface area contributed by atoms with Crippen molar-refractivity contribution in [3.63, 3.8) is 0 Å². The highest BCUT2D eigenvalue weighted by Crippen LogP contribution is 2.30. The van der Waals surface area contributed by atoms with Crippen LogP contribution in [-0.4, -0.2) is 17.7 Å². The minimum absolute atomic E-state index is 0.152. The van der Waals surface area contributed by atoms with Gasteiger partial charge < -0.3 is 9.84 Å². The van der Waals surface area contributed by atoms with E-state index >= 15 is 0 Å². The van der Waals surface area contributed by atoms with E-state index in [1.807, 2.05) is 24.3 Å². The van der Waals surface area contributed by atoms with Gasteiger partial charge in [-0.25, -0.2) is 4.79 Å². The van der Waals surface area contributed by atoms with Gasteiger partial charge >= 0.3 is 5.97 Å². The number of hydrogen-bond donors (Lipinski definition) is 1. The van der Waals surface area contributed by atoms with Crippen LogP contribution in [0.15, 0.2) is 24.3 Å². The summed E-state index contributed by atoms with van der Waals surface area (Å²) in [7, 11) is 0. The molecule has 0 radical (unpaired) electrons. The number of ether oxygens (including phenoxy) is 1. The Hall–Kier alpha value is -1.51. The molecule has 1 aromatic rings. The number of carboxylic acid groups (broad SMARTS) is 1. The largest absolute Gasteiger partial charge is 0.482 e. The van der Waals surface area contributed by atoms with Gasteiger partial charge in [0.25, 0.3) is 0 Å². The van der Waals surface area contributed by atoms with Gasteiger partial charge in [-0.2, -0.15) is 0 Å². The van der Waals surface area contributed by atoms with Gasteiger partial charge in [-0.3, -0.25) is 0 Å². The zero-order valence-corrected chi connectivity index (χ0v) is 12.8. The van der Waals surface area contributed by atoms with Crippen molar-refractivity contribution in [2.24, 2.45) is 0 Å². The van der Waals surface area contributed by atoms with E-state index in [-0.39, 0.29) is 12.0 Å². The van der Waals surface area contributed by atoms with Crippen LogP contribution < -0.4 is 4.74 Å². The lowest BCUT2D eigenvalue weighted by Gasteiger charge is -2.25. The van der Waals surface area contributed by atoms with Gasteiger partial charge in [0, 0.05) is 0 Å². The first kappa shape index (κ1) is 16.5. The molecular formula is C17H26O3. The van der Waals surface area contributed by atoms with Crippen LogP contribution in [0.3, 0.4) is 0 Å². The second kappa shape index (κ2) is 7.93. The molecule has 0 unspecified atom stereocenters. The van der Waals surface area contributed by atoms with Gasteiger partial charge in [-0.05, 0) is 29.5 Å². The predicted octanol–water partition coefficient (Wildman–Crippen LogP) is 4.40. The second-order valence-corrected chi connectivity index (χ2v) is 5.90. The molecule has 0 saturated carbocycles. The number of carboxylic acids is 1. The first-order chi connectivity index (χ1) is 9.45. The Balaban J connectivity index is 2.54. The van der Waals surface area contributed by atoms with E-state index in [1.165, 1.54) is 37.7 Å². The summed E-state index contributed by atoms with van der Waals surface area (Å²) in [4.78, 5) is 10.4. The molecule has 0 bridgehead atoms. The zero-order valence-electron chi connectivity index (χ0n) is 12.8. The quantitative estimate of drug-likeness (QED) is 0.681. The van der Waals surface area contributed by atoms with Crippen LogP contribution in [0.4, 0.5) is 0 Å². The van der Waals surface area contributed by atoms with E-state index in [4.69, 9.17) is 9.84 Å². The average molecular weight is 278 g/mol. The van der Waals surface area contributed by atoms with Crippen molar-refractivity contribution < 1.29 is 14.6 Å². The first-order valence-corrected chi connectivity index (χ1v) is 7.41. The highest BCUT2D eigenvalue weighted by molar-refractivity contribution is 5.68. The fourth-order valence-electron chi connectivity index (χ4n) is 2.29. The van der Waals surface area contributed by atoms with Crippen molar-refractivity contribution in [3.05, 3.63) is 29.8 Å². The van der Waals surface area contributed by atoms with Crippen LogP contribution in [0.5, 0.6) is 5.75 Å². The van der Waals surface area contributed by atoms with Crippen LogP contribution in [0.1, 0.15) is 58.4 Å². The summed E-state index contributed by atoms with van der Waals surface area (Å²) >= 11 is 0. The van der Waals surface area contributed by atoms with Crippen molar-refractivity contribution in [2.45, 2.75) is 58.3 Å². The summed E-state index contributed by atoms with van der Waals surface area (Å²) < 4.78 is 5.15. The number of carbonyl (C=O) groups is 1. The molecule has 3 nitrogen and oxygen atoms in total. The molecule has 0 spiro atoms. The lowest BCUT2D eigenvalue weighted by atomic mass is 9.80. The molecule has 0 saturated heterocycles. The summed E-state index contributed by atoms with van der Waals surface area (Å²) in [5.74, 6) is -0.344. The third kappa shape index (κ3) is 5.64. The second-order valence-electron chi connectivity index (χ2n) is 5.90. The molecule has 20 heavy (non-hydrogen) atoms. The Kier molecular flexibility index (Phi) is 6.56. The van der Waals surface area contributed by atoms with Gasteiger partial charge in [0.05, 0.1) is 0 Å². The van der Waals surface area contributed by atoms with Crippen LogP contribution >= 0.6 is 0 Å². The van der Waals surface area contributed by atoms with E-state index in [9.17, 15) is 4.79 Å². The molecule has 3 heteroatoms. The van der Waals surface area contributed by atoms with E-state index in [0.29, 0.717) is 5.75 Å². The summed E-state index contributed by atoms with van der Waals surface area (Å²) in [6.45, 7) is 6.44. The summed E-state index contributed by atoms with van der Waals surface area (Å²) in [5, 5.41) is 8.57. The van der Waals surface area contributed by atoms with Gasteiger partial charge in [-0.15, -0.1) is 0 Å². The molecule has 0 heterocycles. The van der Waals surface area contributed by atoms with Crippen LogP contribution in [0, 0.1) is 0 Å². The lowest BCUT2D eigenvalue weighted by molar-refractivity contribution is -0.139. The third-order valence-corrected chi connectivity index (χ3v) is 3.65. The molecule has 0 amide bonds. The smallest absolute Gasteiger partial charge is 0.341 e. The van der Waals surface area contributed by atoms with Crippen molar-refractivity contribution >= 4 is 5.97 Å². The van der Waals surface area contributed by atoms with Crippen molar-refractivity contribution in [1.29, 1.82) is 0 Å². The maximum Gasteiger partial charge on any atom is 0.341 e. The topological polar surface area (TPSA) is 46.5 Å². The van der Waals surface area contributed by atoms with Gasteiger partial charge in [0.2, 0.25) is 0 Å². The minimum Gasteiger partial charge on any atom is -0.482 e. The zero-order chi connectivity index (χ0) is 15.0. The van der Waals surface area contributed by atoms with Crippen molar-refractivity contribution in [3.8, 4) is 5.75 Å². The standard InChI is InChI=1S/C17H26O3/c1-4-5-6-7-12-17(2,3)14-8-10-15(11-9-14)20-13-16(18)19/h8-11H,4-7,12-13H2,1-3H3,(H,18,19). The molecule has 0 atom stereocenters. The Morgan fingerprint density at radius 3 is 2.35 bits per heavy atom. The monoisotopic (exact) mass is 278 g/mol. The normalized spacial score (nSPS) is 11.3. The number of rotatable bonds is 9. The minimum atomic E-state index is -0.953. The maximum absolute atomic E-state index is 10.4. The summed E-state index contributed by atoms with van der Waals surface area (Å²) in [6.07, 6.45) is 6.27. The van der Waals surface area contributed by atoms with Crippen LogP contribution in [-0.2, 0) is 10.2 Å². The molecule has 1 aromatic carbocycles. The maximum atomic E-state index is 10.4. The lowest BCUT2D eigenvalue weighted by Crippen LogP contribution is -2.17. The molecule has 1 N–H and O–H groups in total. The average Bonchev–Trinajstić information content (AvgIpc) is 2.42. The SMILES string of the molecule is CCCCCCC(C)(C)c1ccc(OCC(=O)O)cc1. The number of hydrogen-bond acceptors (Lipinski definition) is 2. The molecule has 0 aromatic heterocycles. The van der Waals surface area contributed by atoms with E-state index in [2.05, 4.69) is 20.8 Å². The molecular weight excluding hydrogens is 252 g/mol. The Labute approximate surface area is 122 Å². The van der Waals surface area contributed by atoms with Gasteiger partial charge in [0.15, 0.2) is 6.61 Å². The van der Waals surface area contributed by atoms with Crippen molar-refractivity contribution in [2.75, 3.05) is 6.61 Å². The highest BCUT2D eigenvalue weighted by atomic mass is 16.5. The molecule has 0 aliphatic rings. The molecule has 1 rings (SSSR count). The first-order valence-electron chi connectivity index (χ1n) is 7.41. The highest BCUT2D eigenvalue weighted by Gasteiger charge is 2.19. The van der Waals surface area contributed by atoms with Crippen LogP contribution in [0.2, 0.25) is 0 Å². The Bertz CT molecular complexity index is 407. The number of aliphatic carboxylic acids is 1. The summed E-state index contributed by atoms with van der Waals surface area (Å²) in [6, 6.07) is 7.78.